The van der Waals surface area contributed by atoms with Gasteiger partial charge in [0.15, 0.2) is 0 Å². The quantitative estimate of drug-likeness (QED) is 0.587. The SMILES string of the molecule is COCCNC(=O)CN1C(=O)NC(C)(c2ccc3c(c2)CCC3)C1=O. The molecule has 4 amide bonds. The van der Waals surface area contributed by atoms with Crippen molar-refractivity contribution in [3.63, 3.8) is 0 Å². The lowest BCUT2D eigenvalue weighted by atomic mass is 9.89. The summed E-state index contributed by atoms with van der Waals surface area (Å²) < 4.78 is 4.86. The number of rotatable bonds is 6. The van der Waals surface area contributed by atoms with Gasteiger partial charge in [0.05, 0.1) is 6.61 Å². The number of nitrogens with one attached hydrogen (secondary N) is 2. The number of nitrogens with zero attached hydrogens (tertiary/aromatic N) is 1. The van der Waals surface area contributed by atoms with Crippen LogP contribution >= 0.6 is 0 Å². The van der Waals surface area contributed by atoms with Gasteiger partial charge in [0.2, 0.25) is 5.91 Å². The topological polar surface area (TPSA) is 87.7 Å². The summed E-state index contributed by atoms with van der Waals surface area (Å²) in [6.07, 6.45) is 3.16. The number of benzene rings is 1. The van der Waals surface area contributed by atoms with Crippen molar-refractivity contribution in [1.29, 1.82) is 0 Å². The Bertz CT molecular complexity index is 718. The van der Waals surface area contributed by atoms with Crippen LogP contribution in [0.4, 0.5) is 4.79 Å². The lowest BCUT2D eigenvalue weighted by Crippen LogP contribution is -2.43. The standard InChI is InChI=1S/C18H23N3O4/c1-18(14-7-6-12-4-3-5-13(12)10-14)16(23)21(17(24)20-18)11-15(22)19-8-9-25-2/h6-7,10H,3-5,8-9,11H2,1-2H3,(H,19,22)(H,20,24). The predicted molar refractivity (Wildman–Crippen MR) is 90.9 cm³/mol. The zero-order chi connectivity index (χ0) is 18.0. The largest absolute Gasteiger partial charge is 0.383 e. The Morgan fingerprint density at radius 2 is 2.08 bits per heavy atom. The minimum atomic E-state index is -1.14. The summed E-state index contributed by atoms with van der Waals surface area (Å²) >= 11 is 0. The van der Waals surface area contributed by atoms with Crippen molar-refractivity contribution < 1.29 is 19.1 Å². The van der Waals surface area contributed by atoms with Crippen LogP contribution in [0.5, 0.6) is 0 Å². The molecule has 1 aromatic carbocycles. The maximum absolute atomic E-state index is 12.8. The van der Waals surface area contributed by atoms with Crippen molar-refractivity contribution in [2.45, 2.75) is 31.7 Å². The smallest absolute Gasteiger partial charge is 0.325 e. The highest BCUT2D eigenvalue weighted by atomic mass is 16.5. The Balaban J connectivity index is 1.74. The van der Waals surface area contributed by atoms with E-state index in [4.69, 9.17) is 4.74 Å². The number of amides is 4. The molecular weight excluding hydrogens is 322 g/mol. The number of imide groups is 1. The summed E-state index contributed by atoms with van der Waals surface area (Å²) in [7, 11) is 1.53. The molecule has 7 nitrogen and oxygen atoms in total. The lowest BCUT2D eigenvalue weighted by Gasteiger charge is -2.23. The molecule has 3 rings (SSSR count). The fourth-order valence-electron chi connectivity index (χ4n) is 3.41. The molecule has 1 aliphatic heterocycles. The van der Waals surface area contributed by atoms with Crippen LogP contribution in [0.3, 0.4) is 0 Å². The number of hydrogen-bond acceptors (Lipinski definition) is 4. The van der Waals surface area contributed by atoms with Crippen molar-refractivity contribution in [2.75, 3.05) is 26.8 Å². The second-order valence-electron chi connectivity index (χ2n) is 6.63. The van der Waals surface area contributed by atoms with Gasteiger partial charge in [-0.3, -0.25) is 14.5 Å². The molecule has 0 aromatic heterocycles. The second kappa shape index (κ2) is 6.84. The number of carbonyl (C=O) groups is 3. The molecule has 7 heteroatoms. The van der Waals surface area contributed by atoms with Gasteiger partial charge in [-0.05, 0) is 42.9 Å². The van der Waals surface area contributed by atoms with E-state index in [1.54, 1.807) is 6.92 Å². The van der Waals surface area contributed by atoms with Gasteiger partial charge in [-0.15, -0.1) is 0 Å². The van der Waals surface area contributed by atoms with E-state index in [-0.39, 0.29) is 6.54 Å². The molecular formula is C18H23N3O4. The van der Waals surface area contributed by atoms with Crippen LogP contribution in [0.2, 0.25) is 0 Å². The second-order valence-corrected chi connectivity index (χ2v) is 6.63. The number of fused-ring (bicyclic) bond motifs is 1. The third kappa shape index (κ3) is 3.24. The molecule has 1 heterocycles. The first kappa shape index (κ1) is 17.4. The zero-order valence-corrected chi connectivity index (χ0v) is 14.6. The highest BCUT2D eigenvalue weighted by Crippen LogP contribution is 2.32. The average Bonchev–Trinajstić information content (AvgIpc) is 3.13. The molecule has 0 spiro atoms. The monoisotopic (exact) mass is 345 g/mol. The number of urea groups is 1. The van der Waals surface area contributed by atoms with Crippen LogP contribution in [-0.2, 0) is 32.7 Å². The molecule has 25 heavy (non-hydrogen) atoms. The van der Waals surface area contributed by atoms with Gasteiger partial charge in [-0.2, -0.15) is 0 Å². The molecule has 1 unspecified atom stereocenters. The van der Waals surface area contributed by atoms with Gasteiger partial charge in [-0.25, -0.2) is 4.79 Å². The maximum atomic E-state index is 12.8. The van der Waals surface area contributed by atoms with Crippen LogP contribution in [0.25, 0.3) is 0 Å². The summed E-state index contributed by atoms with van der Waals surface area (Å²) in [5.41, 5.74) is 2.16. The van der Waals surface area contributed by atoms with Gasteiger partial charge < -0.3 is 15.4 Å². The summed E-state index contributed by atoms with van der Waals surface area (Å²) in [4.78, 5) is 38.0. The average molecular weight is 345 g/mol. The van der Waals surface area contributed by atoms with Crippen molar-refractivity contribution in [3.05, 3.63) is 34.9 Å². The van der Waals surface area contributed by atoms with Gasteiger partial charge in [-0.1, -0.05) is 18.2 Å². The zero-order valence-electron chi connectivity index (χ0n) is 14.6. The molecule has 0 bridgehead atoms. The molecule has 1 fully saturated rings. The molecule has 0 radical (unpaired) electrons. The van der Waals surface area contributed by atoms with Gasteiger partial charge in [0, 0.05) is 13.7 Å². The third-order valence-electron chi connectivity index (χ3n) is 4.88. The van der Waals surface area contributed by atoms with E-state index in [0.717, 1.165) is 29.7 Å². The van der Waals surface area contributed by atoms with E-state index >= 15 is 0 Å². The Hall–Kier alpha value is -2.41. The lowest BCUT2D eigenvalue weighted by molar-refractivity contribution is -0.134. The van der Waals surface area contributed by atoms with Crippen LogP contribution in [-0.4, -0.2) is 49.6 Å². The van der Waals surface area contributed by atoms with Gasteiger partial charge in [0.1, 0.15) is 12.1 Å². The highest BCUT2D eigenvalue weighted by molar-refractivity contribution is 6.09. The number of methoxy groups -OCH3 is 1. The highest BCUT2D eigenvalue weighted by Gasteiger charge is 2.49. The first-order chi connectivity index (χ1) is 12.0. The van der Waals surface area contributed by atoms with E-state index < -0.39 is 23.4 Å². The molecule has 134 valence electrons. The number of hydrogen-bond donors (Lipinski definition) is 2. The minimum absolute atomic E-state index is 0.297. The Morgan fingerprint density at radius 3 is 2.84 bits per heavy atom. The predicted octanol–water partition coefficient (Wildman–Crippen LogP) is 0.705. The van der Waals surface area contributed by atoms with E-state index in [1.807, 2.05) is 18.2 Å². The molecule has 1 aliphatic carbocycles. The molecule has 1 saturated heterocycles. The molecule has 1 aromatic rings. The van der Waals surface area contributed by atoms with Crippen molar-refractivity contribution in [1.82, 2.24) is 15.5 Å². The fourth-order valence-corrected chi connectivity index (χ4v) is 3.41. The molecule has 1 atom stereocenters. The van der Waals surface area contributed by atoms with Crippen LogP contribution in [0, 0.1) is 0 Å². The van der Waals surface area contributed by atoms with Crippen LogP contribution in [0.1, 0.15) is 30.0 Å². The molecule has 2 N–H and O–H groups in total. The van der Waals surface area contributed by atoms with E-state index in [2.05, 4.69) is 10.6 Å². The Labute approximate surface area is 146 Å². The number of aryl methyl sites for hydroxylation is 2. The third-order valence-corrected chi connectivity index (χ3v) is 4.88. The minimum Gasteiger partial charge on any atom is -0.383 e. The van der Waals surface area contributed by atoms with E-state index in [1.165, 1.54) is 18.2 Å². The number of carbonyl (C=O) groups excluding carboxylic acids is 3. The summed E-state index contributed by atoms with van der Waals surface area (Å²) in [6.45, 7) is 2.10. The number of ether oxygens (including phenoxy) is 1. The summed E-state index contributed by atoms with van der Waals surface area (Å²) in [5.74, 6) is -0.795. The van der Waals surface area contributed by atoms with E-state index in [0.29, 0.717) is 13.2 Å². The van der Waals surface area contributed by atoms with Gasteiger partial charge >= 0.3 is 6.03 Å². The normalized spacial score (nSPS) is 22.1. The first-order valence-electron chi connectivity index (χ1n) is 8.47. The maximum Gasteiger partial charge on any atom is 0.325 e. The van der Waals surface area contributed by atoms with Crippen LogP contribution in [0.15, 0.2) is 18.2 Å². The summed E-state index contributed by atoms with van der Waals surface area (Å²) in [5, 5.41) is 5.36. The Kier molecular flexibility index (Phi) is 4.76. The Morgan fingerprint density at radius 1 is 1.32 bits per heavy atom. The first-order valence-corrected chi connectivity index (χ1v) is 8.47. The van der Waals surface area contributed by atoms with E-state index in [9.17, 15) is 14.4 Å². The molecule has 2 aliphatic rings. The van der Waals surface area contributed by atoms with Gasteiger partial charge in [0.25, 0.3) is 5.91 Å². The van der Waals surface area contributed by atoms with Crippen molar-refractivity contribution in [3.8, 4) is 0 Å². The summed E-state index contributed by atoms with van der Waals surface area (Å²) in [6, 6.07) is 5.38. The fraction of sp³-hybridized carbons (Fsp3) is 0.500. The van der Waals surface area contributed by atoms with Crippen molar-refractivity contribution >= 4 is 17.8 Å². The van der Waals surface area contributed by atoms with Crippen molar-refractivity contribution in [2.24, 2.45) is 0 Å². The molecule has 0 saturated carbocycles. The van der Waals surface area contributed by atoms with Crippen LogP contribution < -0.4 is 10.6 Å².